The Kier molecular flexibility index (Phi) is 4.82. The van der Waals surface area contributed by atoms with Crippen LogP contribution in [0.3, 0.4) is 0 Å². The molecule has 2 rings (SSSR count). The SMILES string of the molecule is CN1CCN(C(=O)CNc2ccc(I)cc2)CC1. The molecule has 18 heavy (non-hydrogen) atoms. The van der Waals surface area contributed by atoms with Crippen LogP contribution in [0.15, 0.2) is 24.3 Å². The number of carbonyl (C=O) groups excluding carboxylic acids is 1. The van der Waals surface area contributed by atoms with Crippen molar-refractivity contribution in [3.8, 4) is 0 Å². The molecule has 0 atom stereocenters. The molecule has 0 aliphatic carbocycles. The van der Waals surface area contributed by atoms with Gasteiger partial charge >= 0.3 is 0 Å². The van der Waals surface area contributed by atoms with Gasteiger partial charge in [0.25, 0.3) is 0 Å². The maximum Gasteiger partial charge on any atom is 0.241 e. The van der Waals surface area contributed by atoms with Gasteiger partial charge in [0, 0.05) is 35.4 Å². The monoisotopic (exact) mass is 359 g/mol. The molecule has 1 heterocycles. The lowest BCUT2D eigenvalue weighted by Crippen LogP contribution is -2.48. The number of halogens is 1. The number of hydrogen-bond donors (Lipinski definition) is 1. The van der Waals surface area contributed by atoms with Crippen molar-refractivity contribution in [1.29, 1.82) is 0 Å². The topological polar surface area (TPSA) is 35.6 Å². The summed E-state index contributed by atoms with van der Waals surface area (Å²) in [6.45, 7) is 3.99. The summed E-state index contributed by atoms with van der Waals surface area (Å²) in [5.74, 6) is 0.182. The zero-order valence-electron chi connectivity index (χ0n) is 10.5. The molecule has 1 amide bonds. The van der Waals surface area contributed by atoms with Crippen LogP contribution in [0.1, 0.15) is 0 Å². The number of likely N-dealkylation sites (N-methyl/N-ethyl adjacent to an activating group) is 1. The van der Waals surface area contributed by atoms with Crippen LogP contribution in [0.2, 0.25) is 0 Å². The first kappa shape index (κ1) is 13.6. The molecule has 1 N–H and O–H groups in total. The molecule has 1 aromatic rings. The Balaban J connectivity index is 1.79. The summed E-state index contributed by atoms with van der Waals surface area (Å²) in [7, 11) is 2.09. The number of rotatable bonds is 3. The van der Waals surface area contributed by atoms with Crippen LogP contribution in [-0.2, 0) is 4.79 Å². The third-order valence-electron chi connectivity index (χ3n) is 3.14. The lowest BCUT2D eigenvalue weighted by molar-refractivity contribution is -0.130. The molecule has 1 aliphatic heterocycles. The van der Waals surface area contributed by atoms with Crippen molar-refractivity contribution in [2.45, 2.75) is 0 Å². The fraction of sp³-hybridized carbons (Fsp3) is 0.462. The number of amides is 1. The number of benzene rings is 1. The third kappa shape index (κ3) is 3.84. The van der Waals surface area contributed by atoms with Gasteiger partial charge in [-0.1, -0.05) is 0 Å². The van der Waals surface area contributed by atoms with Crippen LogP contribution in [-0.4, -0.2) is 55.5 Å². The van der Waals surface area contributed by atoms with Gasteiger partial charge in [-0.2, -0.15) is 0 Å². The quantitative estimate of drug-likeness (QED) is 0.831. The molecule has 0 spiro atoms. The van der Waals surface area contributed by atoms with Gasteiger partial charge in [0.1, 0.15) is 0 Å². The van der Waals surface area contributed by atoms with Gasteiger partial charge in [-0.05, 0) is 53.9 Å². The van der Waals surface area contributed by atoms with Crippen molar-refractivity contribution in [3.05, 3.63) is 27.8 Å². The largest absolute Gasteiger partial charge is 0.376 e. The Bertz CT molecular complexity index is 399. The van der Waals surface area contributed by atoms with Gasteiger partial charge in [0.2, 0.25) is 5.91 Å². The average Bonchev–Trinajstić information content (AvgIpc) is 2.38. The number of nitrogens with one attached hydrogen (secondary N) is 1. The van der Waals surface area contributed by atoms with E-state index in [1.807, 2.05) is 29.2 Å². The smallest absolute Gasteiger partial charge is 0.241 e. The number of anilines is 1. The highest BCUT2D eigenvalue weighted by molar-refractivity contribution is 14.1. The first-order chi connectivity index (χ1) is 8.65. The van der Waals surface area contributed by atoms with Crippen molar-refractivity contribution < 1.29 is 4.79 Å². The van der Waals surface area contributed by atoms with Gasteiger partial charge in [0.05, 0.1) is 6.54 Å². The van der Waals surface area contributed by atoms with Crippen molar-refractivity contribution in [1.82, 2.24) is 9.80 Å². The Hall–Kier alpha value is -0.820. The van der Waals surface area contributed by atoms with Crippen molar-refractivity contribution in [2.24, 2.45) is 0 Å². The van der Waals surface area contributed by atoms with Crippen LogP contribution in [0, 0.1) is 3.57 Å². The summed E-state index contributed by atoms with van der Waals surface area (Å²) >= 11 is 2.27. The molecule has 1 aliphatic rings. The van der Waals surface area contributed by atoms with E-state index in [4.69, 9.17) is 0 Å². The van der Waals surface area contributed by atoms with Crippen molar-refractivity contribution in [2.75, 3.05) is 45.1 Å². The van der Waals surface area contributed by atoms with E-state index in [0.717, 1.165) is 31.9 Å². The summed E-state index contributed by atoms with van der Waals surface area (Å²) in [4.78, 5) is 16.2. The first-order valence-corrected chi connectivity index (χ1v) is 7.19. The highest BCUT2D eigenvalue weighted by atomic mass is 127. The summed E-state index contributed by atoms with van der Waals surface area (Å²) < 4.78 is 1.20. The number of piperazine rings is 1. The van der Waals surface area contributed by atoms with E-state index in [2.05, 4.69) is 39.9 Å². The number of nitrogens with zero attached hydrogens (tertiary/aromatic N) is 2. The Labute approximate surface area is 121 Å². The van der Waals surface area contributed by atoms with E-state index in [1.54, 1.807) is 0 Å². The van der Waals surface area contributed by atoms with Crippen LogP contribution in [0.5, 0.6) is 0 Å². The molecule has 0 saturated carbocycles. The van der Waals surface area contributed by atoms with E-state index in [9.17, 15) is 4.79 Å². The van der Waals surface area contributed by atoms with E-state index in [1.165, 1.54) is 3.57 Å². The maximum atomic E-state index is 12.0. The molecule has 1 fully saturated rings. The third-order valence-corrected chi connectivity index (χ3v) is 3.86. The fourth-order valence-corrected chi connectivity index (χ4v) is 2.27. The lowest BCUT2D eigenvalue weighted by atomic mass is 10.3. The minimum atomic E-state index is 0.182. The van der Waals surface area contributed by atoms with Gasteiger partial charge < -0.3 is 15.1 Å². The highest BCUT2D eigenvalue weighted by Crippen LogP contribution is 2.11. The number of carbonyl (C=O) groups is 1. The summed E-state index contributed by atoms with van der Waals surface area (Å²) in [5.41, 5.74) is 0.998. The lowest BCUT2D eigenvalue weighted by Gasteiger charge is -2.32. The van der Waals surface area contributed by atoms with Crippen molar-refractivity contribution >= 4 is 34.2 Å². The second-order valence-electron chi connectivity index (χ2n) is 4.54. The van der Waals surface area contributed by atoms with Gasteiger partial charge in [-0.25, -0.2) is 0 Å². The maximum absolute atomic E-state index is 12.0. The van der Waals surface area contributed by atoms with E-state index < -0.39 is 0 Å². The average molecular weight is 359 g/mol. The highest BCUT2D eigenvalue weighted by Gasteiger charge is 2.18. The van der Waals surface area contributed by atoms with Gasteiger partial charge in [0.15, 0.2) is 0 Å². The summed E-state index contributed by atoms with van der Waals surface area (Å²) in [5, 5.41) is 3.17. The molecular formula is C13H18IN3O. The van der Waals surface area contributed by atoms with E-state index >= 15 is 0 Å². The van der Waals surface area contributed by atoms with Gasteiger partial charge in [-0.3, -0.25) is 4.79 Å². The minimum absolute atomic E-state index is 0.182. The summed E-state index contributed by atoms with van der Waals surface area (Å²) in [6.07, 6.45) is 0. The van der Waals surface area contributed by atoms with E-state index in [-0.39, 0.29) is 5.91 Å². The second kappa shape index (κ2) is 6.38. The zero-order chi connectivity index (χ0) is 13.0. The molecule has 0 radical (unpaired) electrons. The van der Waals surface area contributed by atoms with E-state index in [0.29, 0.717) is 6.54 Å². The molecule has 1 saturated heterocycles. The number of hydrogen-bond acceptors (Lipinski definition) is 3. The van der Waals surface area contributed by atoms with Crippen LogP contribution >= 0.6 is 22.6 Å². The zero-order valence-corrected chi connectivity index (χ0v) is 12.7. The first-order valence-electron chi connectivity index (χ1n) is 6.11. The van der Waals surface area contributed by atoms with Crippen LogP contribution in [0.4, 0.5) is 5.69 Å². The van der Waals surface area contributed by atoms with Gasteiger partial charge in [-0.15, -0.1) is 0 Å². The predicted molar refractivity (Wildman–Crippen MR) is 81.7 cm³/mol. The standard InChI is InChI=1S/C13H18IN3O/c1-16-6-8-17(9-7-16)13(18)10-15-12-4-2-11(14)3-5-12/h2-5,15H,6-10H2,1H3. The van der Waals surface area contributed by atoms with Crippen LogP contribution < -0.4 is 5.32 Å². The Morgan fingerprint density at radius 3 is 2.44 bits per heavy atom. The molecule has 98 valence electrons. The normalized spacial score (nSPS) is 16.7. The fourth-order valence-electron chi connectivity index (χ4n) is 1.91. The predicted octanol–water partition coefficient (Wildman–Crippen LogP) is 1.48. The molecule has 0 bridgehead atoms. The minimum Gasteiger partial charge on any atom is -0.376 e. The molecule has 0 unspecified atom stereocenters. The molecule has 0 aromatic heterocycles. The molecule has 5 heteroatoms. The molecule has 4 nitrogen and oxygen atoms in total. The molecule has 1 aromatic carbocycles. The Morgan fingerprint density at radius 1 is 1.22 bits per heavy atom. The molecular weight excluding hydrogens is 341 g/mol. The summed E-state index contributed by atoms with van der Waals surface area (Å²) in [6, 6.07) is 8.06. The van der Waals surface area contributed by atoms with Crippen LogP contribution in [0.25, 0.3) is 0 Å². The second-order valence-corrected chi connectivity index (χ2v) is 5.79. The van der Waals surface area contributed by atoms with Crippen molar-refractivity contribution in [3.63, 3.8) is 0 Å². The Morgan fingerprint density at radius 2 is 1.83 bits per heavy atom.